The Morgan fingerprint density at radius 3 is 1.52 bits per heavy atom. The molecule has 4 nitrogen and oxygen atoms in total. The van der Waals surface area contributed by atoms with Gasteiger partial charge in [0.15, 0.2) is 0 Å². The van der Waals surface area contributed by atoms with Crippen molar-refractivity contribution < 1.29 is 19.3 Å². The highest BCUT2D eigenvalue weighted by Gasteiger charge is 2.34. The molecule has 2 aliphatic rings. The van der Waals surface area contributed by atoms with Gasteiger partial charge in [-0.2, -0.15) is 0 Å². The standard InChI is InChI=1S/C13H17BrO2.C8H9BrO.C5H9ClO/c1-9-4-11(5-10(2)12(9)14)16-8-13(3)6-15-7-13;1-5-3-7(10)4-6(2)8(5)9;1-5(2-6)3-7-4-5/h4-5H,6-8H2,1-3H3;3-4,10H,1-2H3;2-4H2,1H3. The van der Waals surface area contributed by atoms with E-state index in [4.69, 9.17) is 30.9 Å². The maximum Gasteiger partial charge on any atom is 0.119 e. The summed E-state index contributed by atoms with van der Waals surface area (Å²) in [5.41, 5.74) is 5.07. The van der Waals surface area contributed by atoms with Gasteiger partial charge in [0.05, 0.1) is 33.0 Å². The highest BCUT2D eigenvalue weighted by Crippen LogP contribution is 2.30. The monoisotopic (exact) mass is 604 g/mol. The summed E-state index contributed by atoms with van der Waals surface area (Å²) in [7, 11) is 0. The van der Waals surface area contributed by atoms with E-state index in [1.165, 1.54) is 11.1 Å². The van der Waals surface area contributed by atoms with Gasteiger partial charge in [-0.1, -0.05) is 45.7 Å². The first-order valence-corrected chi connectivity index (χ1v) is 13.1. The highest BCUT2D eigenvalue weighted by molar-refractivity contribution is 9.10. The summed E-state index contributed by atoms with van der Waals surface area (Å²) >= 11 is 12.5. The minimum atomic E-state index is 0.203. The van der Waals surface area contributed by atoms with Gasteiger partial charge in [-0.15, -0.1) is 11.6 Å². The van der Waals surface area contributed by atoms with E-state index in [9.17, 15) is 0 Å². The third-order valence-corrected chi connectivity index (χ3v) is 8.69. The summed E-state index contributed by atoms with van der Waals surface area (Å²) in [6.07, 6.45) is 0. The Labute approximate surface area is 220 Å². The van der Waals surface area contributed by atoms with Crippen LogP contribution in [0.15, 0.2) is 33.2 Å². The number of rotatable bonds is 4. The van der Waals surface area contributed by atoms with Crippen molar-refractivity contribution in [3.63, 3.8) is 0 Å². The molecule has 7 heteroatoms. The van der Waals surface area contributed by atoms with Crippen LogP contribution < -0.4 is 4.74 Å². The molecule has 0 amide bonds. The molecule has 4 rings (SSSR count). The number of phenols is 1. The number of halogens is 3. The Bertz CT molecular complexity index is 888. The van der Waals surface area contributed by atoms with E-state index in [-0.39, 0.29) is 5.41 Å². The van der Waals surface area contributed by atoms with Gasteiger partial charge in [0.2, 0.25) is 0 Å². The summed E-state index contributed by atoms with van der Waals surface area (Å²) in [5, 5.41) is 9.10. The number of ether oxygens (including phenoxy) is 3. The lowest BCUT2D eigenvalue weighted by atomic mass is 9.90. The zero-order chi connectivity index (χ0) is 24.8. The first-order valence-electron chi connectivity index (χ1n) is 10.9. The molecule has 2 saturated heterocycles. The van der Waals surface area contributed by atoms with E-state index < -0.39 is 0 Å². The lowest BCUT2D eigenvalue weighted by molar-refractivity contribution is -0.120. The molecule has 184 valence electrons. The van der Waals surface area contributed by atoms with E-state index in [1.54, 1.807) is 12.1 Å². The predicted molar refractivity (Wildman–Crippen MR) is 143 cm³/mol. The second kappa shape index (κ2) is 12.3. The lowest BCUT2D eigenvalue weighted by Gasteiger charge is -2.37. The maximum atomic E-state index is 9.10. The molecule has 2 aliphatic heterocycles. The second-order valence-corrected chi connectivity index (χ2v) is 11.6. The zero-order valence-corrected chi connectivity index (χ0v) is 24.3. The number of benzene rings is 2. The molecular weight excluding hydrogens is 572 g/mol. The average molecular weight is 607 g/mol. The van der Waals surface area contributed by atoms with Crippen molar-refractivity contribution in [1.82, 2.24) is 0 Å². The van der Waals surface area contributed by atoms with E-state index in [2.05, 4.69) is 71.7 Å². The largest absolute Gasteiger partial charge is 0.508 e. The van der Waals surface area contributed by atoms with Crippen molar-refractivity contribution in [3.8, 4) is 11.5 Å². The molecule has 33 heavy (non-hydrogen) atoms. The van der Waals surface area contributed by atoms with Crippen LogP contribution in [0.2, 0.25) is 0 Å². The first kappa shape index (κ1) is 28.4. The molecule has 0 radical (unpaired) electrons. The second-order valence-electron chi connectivity index (χ2n) is 9.79. The van der Waals surface area contributed by atoms with Crippen LogP contribution in [0.4, 0.5) is 0 Å². The van der Waals surface area contributed by atoms with Crippen molar-refractivity contribution in [1.29, 1.82) is 0 Å². The zero-order valence-electron chi connectivity index (χ0n) is 20.4. The number of hydrogen-bond donors (Lipinski definition) is 1. The van der Waals surface area contributed by atoms with Crippen LogP contribution in [0.1, 0.15) is 36.1 Å². The number of aromatic hydroxyl groups is 1. The van der Waals surface area contributed by atoms with Gasteiger partial charge in [0.25, 0.3) is 0 Å². The van der Waals surface area contributed by atoms with E-state index in [1.807, 2.05) is 13.8 Å². The minimum Gasteiger partial charge on any atom is -0.508 e. The van der Waals surface area contributed by atoms with Gasteiger partial charge < -0.3 is 19.3 Å². The molecule has 2 heterocycles. The van der Waals surface area contributed by atoms with Crippen molar-refractivity contribution in [3.05, 3.63) is 55.5 Å². The van der Waals surface area contributed by atoms with Gasteiger partial charge in [0, 0.05) is 25.7 Å². The normalized spacial score (nSPS) is 17.4. The SMILES string of the molecule is CC1(CCl)COC1.Cc1cc(O)cc(C)c1Br.Cc1cc(OCC2(C)COC2)cc(C)c1Br. The number of phenolic OH excluding ortho intramolecular Hbond substituents is 1. The third-order valence-electron chi connectivity index (χ3n) is 5.54. The fourth-order valence-corrected chi connectivity index (χ4v) is 3.84. The topological polar surface area (TPSA) is 47.9 Å². The molecule has 0 atom stereocenters. The van der Waals surface area contributed by atoms with Crippen LogP contribution in [-0.2, 0) is 9.47 Å². The number of aryl methyl sites for hydroxylation is 4. The van der Waals surface area contributed by atoms with Gasteiger partial charge in [-0.25, -0.2) is 0 Å². The quantitative estimate of drug-likeness (QED) is 0.366. The van der Waals surface area contributed by atoms with Crippen molar-refractivity contribution >= 4 is 43.5 Å². The molecule has 0 saturated carbocycles. The molecular formula is C26H35Br2ClO4. The average Bonchev–Trinajstić information content (AvgIpc) is 2.72. The van der Waals surface area contributed by atoms with Crippen molar-refractivity contribution in [2.45, 2.75) is 41.5 Å². The third kappa shape index (κ3) is 8.43. The Hall–Kier alpha value is -0.790. The van der Waals surface area contributed by atoms with Crippen LogP contribution in [0.25, 0.3) is 0 Å². The van der Waals surface area contributed by atoms with Gasteiger partial charge in [-0.05, 0) is 74.2 Å². The highest BCUT2D eigenvalue weighted by atomic mass is 79.9. The van der Waals surface area contributed by atoms with Crippen LogP contribution in [-0.4, -0.2) is 44.0 Å². The molecule has 0 unspecified atom stereocenters. The molecule has 1 N–H and O–H groups in total. The number of hydrogen-bond acceptors (Lipinski definition) is 4. The maximum absolute atomic E-state index is 9.10. The van der Waals surface area contributed by atoms with Gasteiger partial charge in [0.1, 0.15) is 11.5 Å². The Morgan fingerprint density at radius 2 is 1.21 bits per heavy atom. The minimum absolute atomic E-state index is 0.203. The fourth-order valence-electron chi connectivity index (χ4n) is 3.23. The fraction of sp³-hybridized carbons (Fsp3) is 0.538. The van der Waals surface area contributed by atoms with Crippen LogP contribution in [0.3, 0.4) is 0 Å². The van der Waals surface area contributed by atoms with Crippen molar-refractivity contribution in [2.24, 2.45) is 10.8 Å². The first-order chi connectivity index (χ1) is 15.4. The number of alkyl halides is 1. The molecule has 2 aromatic rings. The molecule has 0 aromatic heterocycles. The summed E-state index contributed by atoms with van der Waals surface area (Å²) in [6, 6.07) is 7.61. The summed E-state index contributed by atoms with van der Waals surface area (Å²) in [5.74, 6) is 2.01. The molecule has 0 bridgehead atoms. The summed E-state index contributed by atoms with van der Waals surface area (Å²) < 4.78 is 18.2. The smallest absolute Gasteiger partial charge is 0.119 e. The molecule has 2 aromatic carbocycles. The molecule has 0 aliphatic carbocycles. The van der Waals surface area contributed by atoms with Crippen LogP contribution >= 0.6 is 43.5 Å². The van der Waals surface area contributed by atoms with E-state index in [0.717, 1.165) is 64.7 Å². The van der Waals surface area contributed by atoms with Gasteiger partial charge >= 0.3 is 0 Å². The molecule has 2 fully saturated rings. The van der Waals surface area contributed by atoms with E-state index in [0.29, 0.717) is 11.2 Å². The summed E-state index contributed by atoms with van der Waals surface area (Å²) in [6.45, 7) is 16.4. The van der Waals surface area contributed by atoms with E-state index >= 15 is 0 Å². The predicted octanol–water partition coefficient (Wildman–Crippen LogP) is 7.51. The molecule has 0 spiro atoms. The summed E-state index contributed by atoms with van der Waals surface area (Å²) in [4.78, 5) is 0. The van der Waals surface area contributed by atoms with Crippen LogP contribution in [0.5, 0.6) is 11.5 Å². The Morgan fingerprint density at radius 1 is 0.818 bits per heavy atom. The van der Waals surface area contributed by atoms with Crippen molar-refractivity contribution in [2.75, 3.05) is 38.9 Å². The Balaban J connectivity index is 0.000000193. The van der Waals surface area contributed by atoms with Crippen LogP contribution in [0, 0.1) is 38.5 Å². The van der Waals surface area contributed by atoms with Gasteiger partial charge in [-0.3, -0.25) is 0 Å². The lowest BCUT2D eigenvalue weighted by Crippen LogP contribution is -2.44. The Kier molecular flexibility index (Phi) is 10.6.